The molecule has 0 aliphatic heterocycles. The quantitative estimate of drug-likeness (QED) is 0.207. The highest BCUT2D eigenvalue weighted by Crippen LogP contribution is 2.45. The van der Waals surface area contributed by atoms with Crippen LogP contribution in [0.4, 0.5) is 13.2 Å². The van der Waals surface area contributed by atoms with Gasteiger partial charge in [0.15, 0.2) is 0 Å². The topological polar surface area (TPSA) is 92.4 Å². The fourth-order valence-corrected chi connectivity index (χ4v) is 6.04. The molecule has 0 atom stereocenters. The summed E-state index contributed by atoms with van der Waals surface area (Å²) in [6, 6.07) is 23.0. The summed E-state index contributed by atoms with van der Waals surface area (Å²) >= 11 is 12.4. The Morgan fingerprint density at radius 1 is 0.791 bits per heavy atom. The van der Waals surface area contributed by atoms with Gasteiger partial charge in [-0.3, -0.25) is 4.79 Å². The summed E-state index contributed by atoms with van der Waals surface area (Å²) in [5.74, 6) is -1.93. The number of hydrogen-bond acceptors (Lipinski definition) is 3. The van der Waals surface area contributed by atoms with Crippen molar-refractivity contribution >= 4 is 46.2 Å². The fourth-order valence-electron chi connectivity index (χ4n) is 5.79. The summed E-state index contributed by atoms with van der Waals surface area (Å²) in [6.07, 6.45) is 0.481. The highest BCUT2D eigenvalue weighted by atomic mass is 35.5. The Morgan fingerprint density at radius 3 is 1.72 bits per heavy atom. The number of carboxylic acid groups (broad SMARTS) is 2. The van der Waals surface area contributed by atoms with Crippen LogP contribution in [0, 0.1) is 5.92 Å². The maximum absolute atomic E-state index is 11.5. The SMILES string of the molecule is O=C(O)C(F)(F)F.O=C(O)C1CCC(n2c(C3CC3)nc3ccc(C(c4ccc(Cl)cc4)c4ccc(Cl)cc4)cc32)CC1. The van der Waals surface area contributed by atoms with Crippen molar-refractivity contribution in [2.75, 3.05) is 0 Å². The highest BCUT2D eigenvalue weighted by Gasteiger charge is 2.38. The van der Waals surface area contributed by atoms with E-state index < -0.39 is 18.1 Å². The average molecular weight is 633 g/mol. The Kier molecular flexibility index (Phi) is 9.04. The van der Waals surface area contributed by atoms with Gasteiger partial charge in [0.2, 0.25) is 0 Å². The van der Waals surface area contributed by atoms with Crippen LogP contribution in [0.1, 0.15) is 78.9 Å². The predicted octanol–water partition coefficient (Wildman–Crippen LogP) is 8.85. The second-order valence-electron chi connectivity index (χ2n) is 11.0. The molecule has 43 heavy (non-hydrogen) atoms. The average Bonchev–Trinajstić information content (AvgIpc) is 3.75. The number of benzene rings is 3. The number of aromatic nitrogens is 2. The van der Waals surface area contributed by atoms with Crippen LogP contribution in [0.5, 0.6) is 0 Å². The first-order chi connectivity index (χ1) is 20.4. The van der Waals surface area contributed by atoms with Crippen molar-refractivity contribution in [3.8, 4) is 0 Å². The van der Waals surface area contributed by atoms with Gasteiger partial charge in [0, 0.05) is 27.9 Å². The van der Waals surface area contributed by atoms with Crippen LogP contribution >= 0.6 is 23.2 Å². The number of carbonyl (C=O) groups is 2. The highest BCUT2D eigenvalue weighted by molar-refractivity contribution is 6.30. The number of rotatable bonds is 6. The lowest BCUT2D eigenvalue weighted by molar-refractivity contribution is -0.192. The third-order valence-corrected chi connectivity index (χ3v) is 8.58. The number of fused-ring (bicyclic) bond motifs is 1. The van der Waals surface area contributed by atoms with E-state index >= 15 is 0 Å². The summed E-state index contributed by atoms with van der Waals surface area (Å²) in [4.78, 5) is 25.5. The molecule has 226 valence electrons. The lowest BCUT2D eigenvalue weighted by atomic mass is 9.84. The molecule has 4 aromatic rings. The van der Waals surface area contributed by atoms with Crippen LogP contribution in [0.2, 0.25) is 10.0 Å². The van der Waals surface area contributed by atoms with Crippen molar-refractivity contribution in [3.05, 3.63) is 99.3 Å². The molecule has 0 bridgehead atoms. The largest absolute Gasteiger partial charge is 0.490 e. The summed E-state index contributed by atoms with van der Waals surface area (Å²) in [6.45, 7) is 0. The molecule has 6 rings (SSSR count). The van der Waals surface area contributed by atoms with Crippen LogP contribution in [0.15, 0.2) is 66.7 Å². The summed E-state index contributed by atoms with van der Waals surface area (Å²) in [5, 5.41) is 18.0. The number of halogens is 5. The lowest BCUT2D eigenvalue weighted by Gasteiger charge is -2.29. The van der Waals surface area contributed by atoms with Crippen molar-refractivity contribution in [3.63, 3.8) is 0 Å². The molecule has 2 fully saturated rings. The van der Waals surface area contributed by atoms with Crippen LogP contribution in [0.25, 0.3) is 11.0 Å². The number of hydrogen-bond donors (Lipinski definition) is 2. The maximum Gasteiger partial charge on any atom is 0.490 e. The molecule has 0 radical (unpaired) electrons. The van der Waals surface area contributed by atoms with E-state index in [9.17, 15) is 23.1 Å². The maximum atomic E-state index is 11.5. The standard InChI is InChI=1S/C30H28Cl2N2O2.C2HF3O2/c31-23-10-3-18(4-11-23)28(19-5-12-24(32)13-6-19)22-9-16-26-27(17-22)34(29(33-26)20-1-2-20)25-14-7-21(8-15-25)30(35)36;3-2(4,5)1(6)7/h3-6,9-13,16-17,20-21,25,28H,1-2,7-8,14-15H2,(H,35,36);(H,6,7). The van der Waals surface area contributed by atoms with Crippen molar-refractivity contribution in [2.24, 2.45) is 5.92 Å². The van der Waals surface area contributed by atoms with Crippen LogP contribution in [-0.4, -0.2) is 37.9 Å². The zero-order valence-electron chi connectivity index (χ0n) is 22.9. The molecule has 6 nitrogen and oxygen atoms in total. The van der Waals surface area contributed by atoms with Crippen LogP contribution in [-0.2, 0) is 9.59 Å². The van der Waals surface area contributed by atoms with E-state index in [1.807, 2.05) is 24.3 Å². The molecular formula is C32H29Cl2F3N2O4. The first-order valence-corrected chi connectivity index (χ1v) is 14.7. The van der Waals surface area contributed by atoms with Gasteiger partial charge in [-0.1, -0.05) is 53.5 Å². The van der Waals surface area contributed by atoms with Crippen LogP contribution in [0.3, 0.4) is 0 Å². The molecule has 2 aliphatic rings. The molecular weight excluding hydrogens is 604 g/mol. The van der Waals surface area contributed by atoms with Gasteiger partial charge < -0.3 is 14.8 Å². The number of imidazole rings is 1. The van der Waals surface area contributed by atoms with Gasteiger partial charge in [0.1, 0.15) is 5.82 Å². The number of carboxylic acids is 2. The fraction of sp³-hybridized carbons (Fsp3) is 0.344. The first-order valence-electron chi connectivity index (χ1n) is 14.0. The van der Waals surface area contributed by atoms with E-state index in [1.165, 1.54) is 24.2 Å². The van der Waals surface area contributed by atoms with E-state index in [4.69, 9.17) is 38.1 Å². The van der Waals surface area contributed by atoms with E-state index in [-0.39, 0.29) is 11.8 Å². The third kappa shape index (κ3) is 7.16. The number of aliphatic carboxylic acids is 2. The molecule has 0 saturated heterocycles. The molecule has 11 heteroatoms. The molecule has 2 aliphatic carbocycles. The molecule has 0 amide bonds. The third-order valence-electron chi connectivity index (χ3n) is 8.08. The van der Waals surface area contributed by atoms with Gasteiger partial charge in [0.05, 0.1) is 17.0 Å². The minimum absolute atomic E-state index is 0.0272. The molecule has 0 spiro atoms. The van der Waals surface area contributed by atoms with E-state index in [0.717, 1.165) is 47.8 Å². The normalized spacial score (nSPS) is 18.7. The molecule has 1 heterocycles. The van der Waals surface area contributed by atoms with Gasteiger partial charge in [0.25, 0.3) is 0 Å². The van der Waals surface area contributed by atoms with Gasteiger partial charge in [-0.2, -0.15) is 13.2 Å². The zero-order chi connectivity index (χ0) is 30.9. The summed E-state index contributed by atoms with van der Waals surface area (Å²) in [5.41, 5.74) is 5.69. The molecule has 0 unspecified atom stereocenters. The van der Waals surface area contributed by atoms with Gasteiger partial charge >= 0.3 is 18.1 Å². The Bertz CT molecular complexity index is 1560. The molecule has 2 saturated carbocycles. The van der Waals surface area contributed by atoms with Crippen molar-refractivity contribution in [1.82, 2.24) is 9.55 Å². The van der Waals surface area contributed by atoms with Crippen molar-refractivity contribution in [1.29, 1.82) is 0 Å². The van der Waals surface area contributed by atoms with E-state index in [1.54, 1.807) is 0 Å². The van der Waals surface area contributed by atoms with E-state index in [0.29, 0.717) is 22.0 Å². The molecule has 3 aromatic carbocycles. The molecule has 2 N–H and O–H groups in total. The lowest BCUT2D eigenvalue weighted by Crippen LogP contribution is -2.24. The first kappa shape index (κ1) is 30.9. The Labute approximate surface area is 256 Å². The Balaban J connectivity index is 0.000000472. The minimum Gasteiger partial charge on any atom is -0.481 e. The Morgan fingerprint density at radius 2 is 1.28 bits per heavy atom. The van der Waals surface area contributed by atoms with Gasteiger partial charge in [-0.25, -0.2) is 9.78 Å². The van der Waals surface area contributed by atoms with Crippen molar-refractivity contribution in [2.45, 2.75) is 62.6 Å². The predicted molar refractivity (Wildman–Crippen MR) is 158 cm³/mol. The van der Waals surface area contributed by atoms with Gasteiger partial charge in [-0.15, -0.1) is 0 Å². The number of nitrogens with zero attached hydrogens (tertiary/aromatic N) is 2. The van der Waals surface area contributed by atoms with Crippen LogP contribution < -0.4 is 0 Å². The van der Waals surface area contributed by atoms with E-state index in [2.05, 4.69) is 47.0 Å². The monoisotopic (exact) mass is 632 g/mol. The Hall–Kier alpha value is -3.56. The number of alkyl halides is 3. The summed E-state index contributed by atoms with van der Waals surface area (Å²) in [7, 11) is 0. The second kappa shape index (κ2) is 12.6. The van der Waals surface area contributed by atoms with Gasteiger partial charge in [-0.05, 0) is 91.6 Å². The zero-order valence-corrected chi connectivity index (χ0v) is 24.4. The second-order valence-corrected chi connectivity index (χ2v) is 11.9. The minimum atomic E-state index is -5.08. The molecule has 1 aromatic heterocycles. The summed E-state index contributed by atoms with van der Waals surface area (Å²) < 4.78 is 34.2. The smallest absolute Gasteiger partial charge is 0.481 e. The van der Waals surface area contributed by atoms with Crippen molar-refractivity contribution < 1.29 is 33.0 Å².